The van der Waals surface area contributed by atoms with E-state index in [1.54, 1.807) is 30.0 Å². The summed E-state index contributed by atoms with van der Waals surface area (Å²) in [5, 5.41) is 0. The number of oxazole rings is 1. The van der Waals surface area contributed by atoms with Crippen molar-refractivity contribution in [3.05, 3.63) is 46.9 Å². The molecule has 128 valence electrons. The molecular weight excluding hydrogens is 382 g/mol. The van der Waals surface area contributed by atoms with E-state index in [1.165, 1.54) is 29.5 Å². The number of thioether (sulfide) groups is 1. The molecule has 4 aromatic rings. The zero-order valence-corrected chi connectivity index (χ0v) is 15.2. The fourth-order valence-electron chi connectivity index (χ4n) is 2.36. The highest BCUT2D eigenvalue weighted by molar-refractivity contribution is 8.00. The predicted octanol–water partition coefficient (Wildman–Crippen LogP) is 3.25. The van der Waals surface area contributed by atoms with Crippen molar-refractivity contribution in [2.24, 2.45) is 0 Å². The van der Waals surface area contributed by atoms with E-state index < -0.39 is 15.8 Å². The minimum atomic E-state index is -3.81. The van der Waals surface area contributed by atoms with Crippen molar-refractivity contribution in [3.63, 3.8) is 0 Å². The van der Waals surface area contributed by atoms with Crippen LogP contribution in [0.4, 0.5) is 5.69 Å². The molecule has 0 unspecified atom stereocenters. The minimum absolute atomic E-state index is 0.0111. The van der Waals surface area contributed by atoms with Gasteiger partial charge in [-0.25, -0.2) is 18.2 Å². The van der Waals surface area contributed by atoms with Gasteiger partial charge < -0.3 is 4.42 Å². The molecule has 0 aliphatic heterocycles. The second-order valence-electron chi connectivity index (χ2n) is 5.14. The normalized spacial score (nSPS) is 12.0. The number of hydrogen-bond donors (Lipinski definition) is 2. The van der Waals surface area contributed by atoms with Gasteiger partial charge in [-0.05, 0) is 36.6 Å². The number of anilines is 1. The van der Waals surface area contributed by atoms with Crippen molar-refractivity contribution in [2.75, 3.05) is 11.0 Å². The summed E-state index contributed by atoms with van der Waals surface area (Å²) < 4.78 is 34.5. The third-order valence-corrected chi connectivity index (χ3v) is 6.88. The van der Waals surface area contributed by atoms with Crippen LogP contribution in [0.5, 0.6) is 0 Å². The summed E-state index contributed by atoms with van der Waals surface area (Å²) in [5.41, 5.74) is 1.90. The predicted molar refractivity (Wildman–Crippen MR) is 99.0 cm³/mol. The minimum Gasteiger partial charge on any atom is -0.408 e. The van der Waals surface area contributed by atoms with E-state index in [9.17, 15) is 13.2 Å². The second kappa shape index (κ2) is 5.90. The van der Waals surface area contributed by atoms with E-state index >= 15 is 0 Å². The Balaban J connectivity index is 1.70. The fourth-order valence-corrected chi connectivity index (χ4v) is 4.95. The molecule has 4 rings (SSSR count). The first-order chi connectivity index (χ1) is 11.9. The summed E-state index contributed by atoms with van der Waals surface area (Å²) in [5.74, 6) is -0.627. The summed E-state index contributed by atoms with van der Waals surface area (Å²) in [7, 11) is -3.81. The van der Waals surface area contributed by atoms with Gasteiger partial charge in [-0.3, -0.25) is 9.71 Å². The summed E-state index contributed by atoms with van der Waals surface area (Å²) in [6.45, 7) is 0. The number of nitrogens with zero attached hydrogens (tertiary/aromatic N) is 1. The van der Waals surface area contributed by atoms with Gasteiger partial charge in [0.2, 0.25) is 0 Å². The van der Waals surface area contributed by atoms with Gasteiger partial charge >= 0.3 is 5.76 Å². The van der Waals surface area contributed by atoms with Gasteiger partial charge in [-0.2, -0.15) is 0 Å². The van der Waals surface area contributed by atoms with Gasteiger partial charge in [-0.15, -0.1) is 11.3 Å². The first-order valence-electron chi connectivity index (χ1n) is 7.05. The highest BCUT2D eigenvalue weighted by atomic mass is 32.2. The van der Waals surface area contributed by atoms with Crippen LogP contribution < -0.4 is 10.5 Å². The zero-order chi connectivity index (χ0) is 17.6. The molecule has 0 atom stereocenters. The molecular formula is C15H11N3O4S3. The molecule has 0 fully saturated rings. The maximum absolute atomic E-state index is 12.6. The van der Waals surface area contributed by atoms with Gasteiger partial charge in [0.05, 0.1) is 26.3 Å². The van der Waals surface area contributed by atoms with Gasteiger partial charge in [0, 0.05) is 6.07 Å². The number of thiazole rings is 1. The third kappa shape index (κ3) is 3.03. The van der Waals surface area contributed by atoms with Crippen molar-refractivity contribution in [1.82, 2.24) is 9.97 Å². The maximum Gasteiger partial charge on any atom is 0.417 e. The Morgan fingerprint density at radius 3 is 2.88 bits per heavy atom. The average Bonchev–Trinajstić information content (AvgIpc) is 3.14. The number of aromatic nitrogens is 2. The Bertz CT molecular complexity index is 1250. The SMILES string of the molecule is CSc1nc2ccc(NS(=O)(=O)c3ccc4[nH]c(=O)oc4c3)cc2s1. The van der Waals surface area contributed by atoms with E-state index in [-0.39, 0.29) is 10.5 Å². The van der Waals surface area contributed by atoms with E-state index in [4.69, 9.17) is 4.42 Å². The van der Waals surface area contributed by atoms with E-state index in [0.717, 1.165) is 14.6 Å². The molecule has 0 aliphatic carbocycles. The quantitative estimate of drug-likeness (QED) is 0.516. The number of benzene rings is 2. The van der Waals surface area contributed by atoms with Crippen LogP contribution in [0, 0.1) is 0 Å². The number of aromatic amines is 1. The first-order valence-corrected chi connectivity index (χ1v) is 10.6. The van der Waals surface area contributed by atoms with Gasteiger partial charge in [0.15, 0.2) is 9.92 Å². The zero-order valence-electron chi connectivity index (χ0n) is 12.8. The highest BCUT2D eigenvalue weighted by Gasteiger charge is 2.17. The second-order valence-corrected chi connectivity index (χ2v) is 8.91. The van der Waals surface area contributed by atoms with Crippen LogP contribution in [-0.4, -0.2) is 24.6 Å². The molecule has 2 aromatic heterocycles. The van der Waals surface area contributed by atoms with Crippen LogP contribution in [0.3, 0.4) is 0 Å². The number of sulfonamides is 1. The topological polar surface area (TPSA) is 105 Å². The van der Waals surface area contributed by atoms with Crippen LogP contribution in [0.15, 0.2) is 54.8 Å². The van der Waals surface area contributed by atoms with Crippen molar-refractivity contribution in [3.8, 4) is 0 Å². The van der Waals surface area contributed by atoms with Crippen LogP contribution in [0.25, 0.3) is 21.3 Å². The number of nitrogens with one attached hydrogen (secondary N) is 2. The molecule has 2 N–H and O–H groups in total. The Kier molecular flexibility index (Phi) is 3.82. The summed E-state index contributed by atoms with van der Waals surface area (Å²) in [6, 6.07) is 9.40. The fraction of sp³-hybridized carbons (Fsp3) is 0.0667. The smallest absolute Gasteiger partial charge is 0.408 e. The Morgan fingerprint density at radius 2 is 2.08 bits per heavy atom. The number of H-pyrrole nitrogens is 1. The van der Waals surface area contributed by atoms with E-state index in [0.29, 0.717) is 11.2 Å². The van der Waals surface area contributed by atoms with Crippen molar-refractivity contribution < 1.29 is 12.8 Å². The number of rotatable bonds is 4. The molecule has 2 aromatic carbocycles. The van der Waals surface area contributed by atoms with E-state index in [2.05, 4.69) is 14.7 Å². The molecule has 0 amide bonds. The molecule has 0 radical (unpaired) electrons. The lowest BCUT2D eigenvalue weighted by Gasteiger charge is -2.07. The van der Waals surface area contributed by atoms with Gasteiger partial charge in [0.1, 0.15) is 0 Å². The van der Waals surface area contributed by atoms with Gasteiger partial charge in [-0.1, -0.05) is 11.8 Å². The van der Waals surface area contributed by atoms with Crippen molar-refractivity contribution >= 4 is 60.1 Å². The van der Waals surface area contributed by atoms with Gasteiger partial charge in [0.25, 0.3) is 10.0 Å². The molecule has 0 saturated carbocycles. The lowest BCUT2D eigenvalue weighted by Crippen LogP contribution is -2.12. The molecule has 0 saturated heterocycles. The molecule has 2 heterocycles. The molecule has 10 heteroatoms. The van der Waals surface area contributed by atoms with Crippen molar-refractivity contribution in [1.29, 1.82) is 0 Å². The van der Waals surface area contributed by atoms with Crippen LogP contribution in [0.1, 0.15) is 0 Å². The maximum atomic E-state index is 12.6. The first kappa shape index (κ1) is 16.2. The Labute approximate surface area is 150 Å². The monoisotopic (exact) mass is 393 g/mol. The van der Waals surface area contributed by atoms with E-state index in [1.807, 2.05) is 6.26 Å². The highest BCUT2D eigenvalue weighted by Crippen LogP contribution is 2.30. The molecule has 25 heavy (non-hydrogen) atoms. The number of fused-ring (bicyclic) bond motifs is 2. The number of hydrogen-bond acceptors (Lipinski definition) is 7. The van der Waals surface area contributed by atoms with Crippen LogP contribution in [0.2, 0.25) is 0 Å². The van der Waals surface area contributed by atoms with Crippen LogP contribution >= 0.6 is 23.1 Å². The van der Waals surface area contributed by atoms with Crippen molar-refractivity contribution in [2.45, 2.75) is 9.24 Å². The lowest BCUT2D eigenvalue weighted by atomic mass is 10.3. The summed E-state index contributed by atoms with van der Waals surface area (Å²) in [6.07, 6.45) is 1.94. The largest absolute Gasteiger partial charge is 0.417 e. The Morgan fingerprint density at radius 1 is 1.24 bits per heavy atom. The standard InChI is InChI=1S/C15H11N3O4S3/c1-23-15-17-11-4-2-8(6-13(11)24-15)18-25(20,21)9-3-5-10-12(7-9)22-14(19)16-10/h2-7,18H,1H3,(H,16,19). The molecule has 0 bridgehead atoms. The van der Waals surface area contributed by atoms with Crippen LogP contribution in [-0.2, 0) is 10.0 Å². The lowest BCUT2D eigenvalue weighted by molar-refractivity contribution is 0.554. The summed E-state index contributed by atoms with van der Waals surface area (Å²) >= 11 is 3.04. The molecule has 7 nitrogen and oxygen atoms in total. The molecule has 0 aliphatic rings. The third-order valence-electron chi connectivity index (χ3n) is 3.50. The average molecular weight is 393 g/mol. The molecule has 0 spiro atoms. The summed E-state index contributed by atoms with van der Waals surface area (Å²) in [4.78, 5) is 18.1. The Hall–Kier alpha value is -2.30.